The van der Waals surface area contributed by atoms with Crippen LogP contribution in [-0.4, -0.2) is 18.9 Å². The zero-order chi connectivity index (χ0) is 10.7. The van der Waals surface area contributed by atoms with Crippen LogP contribution in [0.4, 0.5) is 0 Å². The van der Waals surface area contributed by atoms with Crippen LogP contribution in [0.3, 0.4) is 0 Å². The number of rotatable bonds is 3. The Bertz CT molecular complexity index is 353. The van der Waals surface area contributed by atoms with Crippen LogP contribution in [0.1, 0.15) is 11.6 Å². The van der Waals surface area contributed by atoms with Crippen molar-refractivity contribution in [1.82, 2.24) is 5.06 Å². The molecule has 1 aromatic carbocycles. The largest absolute Gasteiger partial charge is 0.409 e. The lowest BCUT2D eigenvalue weighted by atomic mass is 10.1. The van der Waals surface area contributed by atoms with Crippen LogP contribution in [-0.2, 0) is 9.57 Å². The van der Waals surface area contributed by atoms with Crippen molar-refractivity contribution in [2.24, 2.45) is 0 Å². The van der Waals surface area contributed by atoms with E-state index in [0.29, 0.717) is 11.8 Å². The van der Waals surface area contributed by atoms with Crippen LogP contribution >= 0.6 is 11.6 Å². The summed E-state index contributed by atoms with van der Waals surface area (Å²) >= 11 is 6.08. The van der Waals surface area contributed by atoms with Gasteiger partial charge in [0, 0.05) is 7.11 Å². The van der Waals surface area contributed by atoms with Gasteiger partial charge in [-0.3, -0.25) is 0 Å². The second-order valence-corrected chi connectivity index (χ2v) is 3.69. The van der Waals surface area contributed by atoms with Gasteiger partial charge in [-0.25, -0.2) is 0 Å². The van der Waals surface area contributed by atoms with E-state index in [9.17, 15) is 0 Å². The highest BCUT2D eigenvalue weighted by Crippen LogP contribution is 2.35. The highest BCUT2D eigenvalue weighted by molar-refractivity contribution is 6.30. The predicted octanol–water partition coefficient (Wildman–Crippen LogP) is 2.66. The Morgan fingerprint density at radius 1 is 1.40 bits per heavy atom. The van der Waals surface area contributed by atoms with Gasteiger partial charge < -0.3 is 9.57 Å². The Morgan fingerprint density at radius 3 is 2.80 bits per heavy atom. The van der Waals surface area contributed by atoms with Crippen molar-refractivity contribution < 1.29 is 9.57 Å². The van der Waals surface area contributed by atoms with Crippen molar-refractivity contribution in [2.45, 2.75) is 6.04 Å². The standard InChI is InChI=1S/C11H12ClNO2/c1-14-8-13-11(10(12)7-15-13)9-5-3-2-4-6-9/h2-7,11H,8H2,1H3. The van der Waals surface area contributed by atoms with E-state index in [1.54, 1.807) is 12.2 Å². The van der Waals surface area contributed by atoms with Gasteiger partial charge in [-0.1, -0.05) is 41.9 Å². The summed E-state index contributed by atoms with van der Waals surface area (Å²) in [5, 5.41) is 2.36. The zero-order valence-electron chi connectivity index (χ0n) is 8.39. The molecule has 80 valence electrons. The van der Waals surface area contributed by atoms with Crippen LogP contribution in [0.5, 0.6) is 0 Å². The van der Waals surface area contributed by atoms with Gasteiger partial charge in [0.1, 0.15) is 19.0 Å². The Hall–Kier alpha value is -1.03. The fourth-order valence-corrected chi connectivity index (χ4v) is 1.85. The molecule has 0 aliphatic carbocycles. The molecular weight excluding hydrogens is 214 g/mol. The molecule has 0 amide bonds. The highest BCUT2D eigenvalue weighted by Gasteiger charge is 2.29. The monoisotopic (exact) mass is 225 g/mol. The minimum atomic E-state index is -0.0622. The van der Waals surface area contributed by atoms with E-state index in [1.807, 2.05) is 30.3 Å². The van der Waals surface area contributed by atoms with Gasteiger partial charge >= 0.3 is 0 Å². The van der Waals surface area contributed by atoms with E-state index in [1.165, 1.54) is 6.26 Å². The molecule has 0 N–H and O–H groups in total. The van der Waals surface area contributed by atoms with E-state index < -0.39 is 0 Å². The summed E-state index contributed by atoms with van der Waals surface area (Å²) in [6.45, 7) is 0.381. The lowest BCUT2D eigenvalue weighted by Crippen LogP contribution is -2.25. The smallest absolute Gasteiger partial charge is 0.133 e. The predicted molar refractivity (Wildman–Crippen MR) is 57.9 cm³/mol. The molecule has 0 saturated carbocycles. The summed E-state index contributed by atoms with van der Waals surface area (Å²) in [5.74, 6) is 0. The number of ether oxygens (including phenoxy) is 1. The molecule has 1 heterocycles. The summed E-state index contributed by atoms with van der Waals surface area (Å²) < 4.78 is 5.03. The molecule has 2 rings (SSSR count). The van der Waals surface area contributed by atoms with Gasteiger partial charge in [-0.15, -0.1) is 5.06 Å². The maximum Gasteiger partial charge on any atom is 0.133 e. The number of benzene rings is 1. The van der Waals surface area contributed by atoms with Crippen LogP contribution in [0, 0.1) is 0 Å². The zero-order valence-corrected chi connectivity index (χ0v) is 9.15. The van der Waals surface area contributed by atoms with E-state index >= 15 is 0 Å². The van der Waals surface area contributed by atoms with E-state index in [0.717, 1.165) is 5.56 Å². The molecule has 0 saturated heterocycles. The molecule has 1 unspecified atom stereocenters. The molecule has 3 nitrogen and oxygen atoms in total. The van der Waals surface area contributed by atoms with Crippen molar-refractivity contribution >= 4 is 11.6 Å². The van der Waals surface area contributed by atoms with Gasteiger partial charge in [0.05, 0.1) is 5.03 Å². The third-order valence-corrected chi connectivity index (χ3v) is 2.52. The fourth-order valence-electron chi connectivity index (χ4n) is 1.57. The lowest BCUT2D eigenvalue weighted by Gasteiger charge is -2.22. The second kappa shape index (κ2) is 4.66. The first-order chi connectivity index (χ1) is 7.33. The first-order valence-electron chi connectivity index (χ1n) is 4.66. The maximum absolute atomic E-state index is 6.08. The summed E-state index contributed by atoms with van der Waals surface area (Å²) in [5.41, 5.74) is 1.09. The van der Waals surface area contributed by atoms with Gasteiger partial charge in [0.25, 0.3) is 0 Å². The number of nitrogens with zero attached hydrogens (tertiary/aromatic N) is 1. The first kappa shape index (κ1) is 10.5. The van der Waals surface area contributed by atoms with Gasteiger partial charge in [0.15, 0.2) is 0 Å². The van der Waals surface area contributed by atoms with Crippen LogP contribution < -0.4 is 0 Å². The normalized spacial score (nSPS) is 21.2. The topological polar surface area (TPSA) is 21.7 Å². The minimum absolute atomic E-state index is 0.0622. The summed E-state index contributed by atoms with van der Waals surface area (Å²) in [6.07, 6.45) is 1.54. The van der Waals surface area contributed by atoms with Crippen molar-refractivity contribution in [3.63, 3.8) is 0 Å². The van der Waals surface area contributed by atoms with Crippen molar-refractivity contribution in [3.8, 4) is 0 Å². The highest BCUT2D eigenvalue weighted by atomic mass is 35.5. The van der Waals surface area contributed by atoms with E-state index in [-0.39, 0.29) is 6.04 Å². The lowest BCUT2D eigenvalue weighted by molar-refractivity contribution is -0.162. The van der Waals surface area contributed by atoms with Gasteiger partial charge in [0.2, 0.25) is 0 Å². The molecular formula is C11H12ClNO2. The summed E-state index contributed by atoms with van der Waals surface area (Å²) in [6, 6.07) is 9.88. The number of methoxy groups -OCH3 is 1. The number of hydrogen-bond donors (Lipinski definition) is 0. The molecule has 0 radical (unpaired) electrons. The minimum Gasteiger partial charge on any atom is -0.409 e. The number of hydrogen-bond acceptors (Lipinski definition) is 3. The van der Waals surface area contributed by atoms with Crippen molar-refractivity contribution in [3.05, 3.63) is 47.2 Å². The van der Waals surface area contributed by atoms with Crippen LogP contribution in [0.2, 0.25) is 0 Å². The quantitative estimate of drug-likeness (QED) is 0.790. The van der Waals surface area contributed by atoms with Crippen molar-refractivity contribution in [2.75, 3.05) is 13.8 Å². The molecule has 0 spiro atoms. The summed E-state index contributed by atoms with van der Waals surface area (Å²) in [7, 11) is 1.62. The third-order valence-electron chi connectivity index (χ3n) is 2.22. The van der Waals surface area contributed by atoms with Gasteiger partial charge in [-0.2, -0.15) is 0 Å². The molecule has 1 aliphatic heterocycles. The van der Waals surface area contributed by atoms with E-state index in [2.05, 4.69) is 0 Å². The average Bonchev–Trinajstić information content (AvgIpc) is 2.62. The Labute approximate surface area is 93.8 Å². The van der Waals surface area contributed by atoms with Crippen LogP contribution in [0.25, 0.3) is 0 Å². The second-order valence-electron chi connectivity index (χ2n) is 3.26. The molecule has 0 aromatic heterocycles. The molecule has 1 atom stereocenters. The summed E-state index contributed by atoms with van der Waals surface area (Å²) in [4.78, 5) is 5.29. The maximum atomic E-state index is 6.08. The molecule has 1 aromatic rings. The van der Waals surface area contributed by atoms with Crippen LogP contribution in [0.15, 0.2) is 41.6 Å². The first-order valence-corrected chi connectivity index (χ1v) is 5.03. The molecule has 0 bridgehead atoms. The molecule has 1 aliphatic rings. The average molecular weight is 226 g/mol. The Morgan fingerprint density at radius 2 is 2.13 bits per heavy atom. The number of hydroxylamine groups is 2. The number of halogens is 1. The third kappa shape index (κ3) is 2.15. The molecule has 0 fully saturated rings. The van der Waals surface area contributed by atoms with E-state index in [4.69, 9.17) is 21.2 Å². The molecule has 4 heteroatoms. The fraction of sp³-hybridized carbons (Fsp3) is 0.273. The Kier molecular flexibility index (Phi) is 3.26. The SMILES string of the molecule is COCN1OC=C(Cl)C1c1ccccc1. The van der Waals surface area contributed by atoms with Crippen molar-refractivity contribution in [1.29, 1.82) is 0 Å². The molecule has 15 heavy (non-hydrogen) atoms. The Balaban J connectivity index is 2.22. The van der Waals surface area contributed by atoms with Gasteiger partial charge in [-0.05, 0) is 5.56 Å².